The minimum Gasteiger partial charge on any atom is -0.166 e. The summed E-state index contributed by atoms with van der Waals surface area (Å²) >= 11 is 4.14. The molecule has 17 heavy (non-hydrogen) atoms. The highest BCUT2D eigenvalue weighted by Gasteiger charge is 2.59. The van der Waals surface area contributed by atoms with Gasteiger partial charge in [-0.1, -0.05) is 23.5 Å². The fourth-order valence-corrected chi connectivity index (χ4v) is 8.93. The molecule has 0 aliphatic carbocycles. The molecule has 0 nitrogen and oxygen atoms in total. The van der Waals surface area contributed by atoms with Gasteiger partial charge in [0.1, 0.15) is 0 Å². The first-order chi connectivity index (χ1) is 7.64. The lowest BCUT2D eigenvalue weighted by Gasteiger charge is -2.38. The Kier molecular flexibility index (Phi) is 3.64. The van der Waals surface area contributed by atoms with E-state index in [9.17, 15) is 26.3 Å². The first kappa shape index (κ1) is 14.1. The summed E-state index contributed by atoms with van der Waals surface area (Å²) in [5, 5.41) is 0. The van der Waals surface area contributed by atoms with E-state index in [0.717, 1.165) is 11.5 Å². The van der Waals surface area contributed by atoms with Gasteiger partial charge in [0.15, 0.2) is 8.32 Å². The molecule has 0 amide bonds. The SMILES string of the molecule is FC(F)(F)C(=C1SC2(SCCS2)S1)C(F)(F)F. The second-order valence-corrected chi connectivity index (χ2v) is 9.94. The molecule has 0 aromatic carbocycles. The molecule has 0 saturated carbocycles. The molecule has 2 rings (SSSR count). The number of allylic oxidation sites excluding steroid dienone is 1. The molecule has 0 aromatic rings. The van der Waals surface area contributed by atoms with E-state index in [2.05, 4.69) is 0 Å². The van der Waals surface area contributed by atoms with E-state index < -0.39 is 24.9 Å². The molecule has 10 heteroatoms. The van der Waals surface area contributed by atoms with Crippen LogP contribution in [0.15, 0.2) is 9.81 Å². The molecule has 2 fully saturated rings. The summed E-state index contributed by atoms with van der Waals surface area (Å²) in [6.45, 7) is 0. The van der Waals surface area contributed by atoms with Crippen LogP contribution in [-0.4, -0.2) is 26.6 Å². The fraction of sp³-hybridized carbons (Fsp3) is 0.714. The van der Waals surface area contributed by atoms with Gasteiger partial charge in [0.25, 0.3) is 0 Å². The van der Waals surface area contributed by atoms with Gasteiger partial charge in [-0.2, -0.15) is 26.3 Å². The summed E-state index contributed by atoms with van der Waals surface area (Å²) in [5.41, 5.74) is -2.36. The largest absolute Gasteiger partial charge is 0.422 e. The lowest BCUT2D eigenvalue weighted by molar-refractivity contribution is -0.171. The molecule has 98 valence electrons. The van der Waals surface area contributed by atoms with Crippen LogP contribution < -0.4 is 0 Å². The van der Waals surface area contributed by atoms with Gasteiger partial charge in [-0.05, 0) is 0 Å². The van der Waals surface area contributed by atoms with Gasteiger partial charge < -0.3 is 0 Å². The van der Waals surface area contributed by atoms with Crippen LogP contribution in [-0.2, 0) is 0 Å². The van der Waals surface area contributed by atoms with Gasteiger partial charge in [-0.25, -0.2) is 0 Å². The van der Waals surface area contributed by atoms with Crippen LogP contribution in [0.3, 0.4) is 0 Å². The van der Waals surface area contributed by atoms with Crippen molar-refractivity contribution in [2.24, 2.45) is 0 Å². The Morgan fingerprint density at radius 3 is 1.65 bits per heavy atom. The van der Waals surface area contributed by atoms with E-state index >= 15 is 0 Å². The number of alkyl halides is 6. The van der Waals surface area contributed by atoms with Gasteiger partial charge in [0.2, 0.25) is 0 Å². The first-order valence-corrected chi connectivity index (χ1v) is 7.79. The van der Waals surface area contributed by atoms with Crippen LogP contribution in [0.4, 0.5) is 26.3 Å². The van der Waals surface area contributed by atoms with Crippen molar-refractivity contribution in [1.82, 2.24) is 0 Å². The average molecular weight is 330 g/mol. The van der Waals surface area contributed by atoms with Gasteiger partial charge in [0, 0.05) is 11.5 Å². The molecule has 0 aromatic heterocycles. The second-order valence-electron chi connectivity index (χ2n) is 3.06. The zero-order chi connectivity index (χ0) is 12.9. The highest BCUT2D eigenvalue weighted by Crippen LogP contribution is 2.75. The molecular weight excluding hydrogens is 326 g/mol. The maximum Gasteiger partial charge on any atom is 0.422 e. The van der Waals surface area contributed by atoms with E-state index in [1.165, 1.54) is 23.5 Å². The number of hydrogen-bond acceptors (Lipinski definition) is 4. The normalized spacial score (nSPS) is 24.0. The van der Waals surface area contributed by atoms with Crippen molar-refractivity contribution >= 4 is 47.0 Å². The number of hydrogen-bond donors (Lipinski definition) is 0. The summed E-state index contributed by atoms with van der Waals surface area (Å²) in [4.78, 5) is 0. The molecular formula is C7H4F6S4. The monoisotopic (exact) mass is 330 g/mol. The number of rotatable bonds is 0. The maximum atomic E-state index is 12.3. The Morgan fingerprint density at radius 2 is 1.29 bits per heavy atom. The highest BCUT2D eigenvalue weighted by atomic mass is 32.3. The van der Waals surface area contributed by atoms with Crippen LogP contribution in [0.1, 0.15) is 0 Å². The fourth-order valence-electron chi connectivity index (χ4n) is 1.22. The quantitative estimate of drug-likeness (QED) is 0.580. The Balaban J connectivity index is 2.24. The third-order valence-electron chi connectivity index (χ3n) is 1.85. The zero-order valence-electron chi connectivity index (χ0n) is 7.81. The van der Waals surface area contributed by atoms with Crippen LogP contribution in [0.25, 0.3) is 0 Å². The van der Waals surface area contributed by atoms with Crippen LogP contribution in [0.5, 0.6) is 0 Å². The van der Waals surface area contributed by atoms with Gasteiger partial charge >= 0.3 is 12.4 Å². The molecule has 1 spiro atoms. The highest BCUT2D eigenvalue weighted by molar-refractivity contribution is 8.60. The van der Waals surface area contributed by atoms with E-state index in [4.69, 9.17) is 0 Å². The Labute approximate surface area is 110 Å². The average Bonchev–Trinajstić information content (AvgIpc) is 2.45. The van der Waals surface area contributed by atoms with Crippen molar-refractivity contribution in [3.05, 3.63) is 9.81 Å². The summed E-state index contributed by atoms with van der Waals surface area (Å²) < 4.78 is 72.8. The van der Waals surface area contributed by atoms with Gasteiger partial charge in [0.05, 0.1) is 4.24 Å². The topological polar surface area (TPSA) is 0 Å². The van der Waals surface area contributed by atoms with Crippen molar-refractivity contribution in [3.63, 3.8) is 0 Å². The van der Waals surface area contributed by atoms with Crippen LogP contribution in [0, 0.1) is 0 Å². The third kappa shape index (κ3) is 2.84. The number of halogens is 6. The van der Waals surface area contributed by atoms with E-state index in [1.54, 1.807) is 0 Å². The molecule has 0 N–H and O–H groups in total. The van der Waals surface area contributed by atoms with Crippen molar-refractivity contribution in [3.8, 4) is 0 Å². The lowest BCUT2D eigenvalue weighted by atomic mass is 10.3. The first-order valence-electron chi connectivity index (χ1n) is 4.19. The van der Waals surface area contributed by atoms with E-state index in [-0.39, 0.29) is 0 Å². The van der Waals surface area contributed by atoms with Crippen molar-refractivity contribution in [2.45, 2.75) is 15.1 Å². The molecule has 0 radical (unpaired) electrons. The van der Waals surface area contributed by atoms with Crippen LogP contribution in [0.2, 0.25) is 0 Å². The van der Waals surface area contributed by atoms with Crippen molar-refractivity contribution in [2.75, 3.05) is 11.5 Å². The maximum absolute atomic E-state index is 12.3. The summed E-state index contributed by atoms with van der Waals surface area (Å²) in [5.74, 6) is 1.51. The van der Waals surface area contributed by atoms with E-state index in [1.807, 2.05) is 0 Å². The molecule has 2 aliphatic rings. The Bertz CT molecular complexity index is 324. The summed E-state index contributed by atoms with van der Waals surface area (Å²) in [7, 11) is 0. The Hall–Kier alpha value is 0.720. The Morgan fingerprint density at radius 1 is 0.882 bits per heavy atom. The van der Waals surface area contributed by atoms with Crippen molar-refractivity contribution in [1.29, 1.82) is 0 Å². The molecule has 2 heterocycles. The lowest BCUT2D eigenvalue weighted by Crippen LogP contribution is -2.30. The zero-order valence-corrected chi connectivity index (χ0v) is 11.1. The molecule has 2 aliphatic heterocycles. The van der Waals surface area contributed by atoms with Crippen LogP contribution >= 0.6 is 47.0 Å². The van der Waals surface area contributed by atoms with Gasteiger partial charge in [-0.15, -0.1) is 23.5 Å². The minimum atomic E-state index is -5.34. The van der Waals surface area contributed by atoms with E-state index in [0.29, 0.717) is 23.5 Å². The summed E-state index contributed by atoms with van der Waals surface area (Å²) in [6, 6.07) is 0. The third-order valence-corrected chi connectivity index (χ3v) is 9.03. The van der Waals surface area contributed by atoms with Crippen molar-refractivity contribution < 1.29 is 26.3 Å². The second kappa shape index (κ2) is 4.38. The predicted octanol–water partition coefficient (Wildman–Crippen LogP) is 4.89. The predicted molar refractivity (Wildman–Crippen MR) is 62.0 cm³/mol. The molecule has 2 saturated heterocycles. The number of thioether (sulfide) groups is 4. The van der Waals surface area contributed by atoms with Gasteiger partial charge in [-0.3, -0.25) is 0 Å². The molecule has 0 unspecified atom stereocenters. The molecule has 0 bridgehead atoms. The minimum absolute atomic E-state index is 0.586. The molecule has 0 atom stereocenters. The standard InChI is InChI=1S/C7H4F6S4/c8-5(9,10)3(6(11,12)13)4-16-7(17-4)14-1-2-15-7/h1-2H2. The summed E-state index contributed by atoms with van der Waals surface area (Å²) in [6.07, 6.45) is -10.7. The smallest absolute Gasteiger partial charge is 0.166 e.